The van der Waals surface area contributed by atoms with Crippen molar-refractivity contribution in [1.29, 1.82) is 0 Å². The van der Waals surface area contributed by atoms with Crippen molar-refractivity contribution in [3.8, 4) is 22.4 Å². The fourth-order valence-corrected chi connectivity index (χ4v) is 4.90. The first kappa shape index (κ1) is 22.8. The van der Waals surface area contributed by atoms with E-state index in [1.54, 1.807) is 4.52 Å². The first-order chi connectivity index (χ1) is 16.3. The van der Waals surface area contributed by atoms with Crippen LogP contribution in [0, 0.1) is 11.2 Å². The summed E-state index contributed by atoms with van der Waals surface area (Å²) < 4.78 is 7.32. The molecule has 1 aliphatic carbocycles. The monoisotopic (exact) mass is 477 g/mol. The minimum Gasteiger partial charge on any atom is -0.382 e. The van der Waals surface area contributed by atoms with Gasteiger partial charge in [-0.15, -0.1) is 0 Å². The molecule has 0 bridgehead atoms. The highest BCUT2D eigenvalue weighted by Gasteiger charge is 2.38. The Kier molecular flexibility index (Phi) is 6.00. The molecule has 178 valence electrons. The first-order valence-electron chi connectivity index (χ1n) is 11.7. The van der Waals surface area contributed by atoms with Gasteiger partial charge in [-0.05, 0) is 67.9 Å². The van der Waals surface area contributed by atoms with Crippen molar-refractivity contribution in [2.75, 3.05) is 37.7 Å². The van der Waals surface area contributed by atoms with Crippen LogP contribution in [0.2, 0.25) is 0 Å². The molecule has 7 nitrogen and oxygen atoms in total. The lowest BCUT2D eigenvalue weighted by Gasteiger charge is -2.34. The average molecular weight is 478 g/mol. The number of aromatic nitrogens is 3. The second kappa shape index (κ2) is 8.97. The molecule has 5 rings (SSSR count). The number of nitrogen functional groups attached to an aromatic ring is 1. The maximum Gasteiger partial charge on any atom is 0.254 e. The van der Waals surface area contributed by atoms with E-state index in [9.17, 15) is 4.79 Å². The molecule has 3 heterocycles. The number of ether oxygens (including phenoxy) is 1. The third kappa shape index (κ3) is 4.63. The molecule has 0 unspecified atom stereocenters. The number of anilines is 1. The second-order valence-electron chi connectivity index (χ2n) is 9.78. The van der Waals surface area contributed by atoms with Crippen LogP contribution in [0.4, 0.5) is 5.82 Å². The number of nitrogens with zero attached hydrogens (tertiary/aromatic N) is 4. The summed E-state index contributed by atoms with van der Waals surface area (Å²) >= 11 is 0. The van der Waals surface area contributed by atoms with Gasteiger partial charge in [0.05, 0.1) is 11.3 Å². The van der Waals surface area contributed by atoms with E-state index in [0.29, 0.717) is 22.9 Å². The standard InChI is InChI=1S/C26H31N5O2S/c1-34(2,3)14-11-19-16-23(31-24(19)25(27)28-17-29-31)18-5-4-6-20(15-18)26(32)30(21-7-8-21)22-9-12-33-13-10-22/h4-6,15-17,21-22H,7-10,12-13H2,1-3H3,(H2,27,28,29). The van der Waals surface area contributed by atoms with Crippen LogP contribution in [-0.4, -0.2) is 69.5 Å². The van der Waals surface area contributed by atoms with Gasteiger partial charge in [0, 0.05) is 36.4 Å². The summed E-state index contributed by atoms with van der Waals surface area (Å²) in [5.41, 5.74) is 10.2. The molecular weight excluding hydrogens is 446 g/mol. The van der Waals surface area contributed by atoms with Crippen LogP contribution < -0.4 is 5.73 Å². The number of carbonyl (C=O) groups is 1. The molecule has 2 aliphatic rings. The maximum atomic E-state index is 13.7. The molecule has 0 radical (unpaired) electrons. The van der Waals surface area contributed by atoms with Gasteiger partial charge in [-0.3, -0.25) is 4.79 Å². The van der Waals surface area contributed by atoms with Gasteiger partial charge in [-0.25, -0.2) is 9.50 Å². The van der Waals surface area contributed by atoms with Crippen LogP contribution in [0.1, 0.15) is 41.6 Å². The van der Waals surface area contributed by atoms with E-state index in [4.69, 9.17) is 10.5 Å². The molecule has 1 amide bonds. The smallest absolute Gasteiger partial charge is 0.254 e. The molecule has 0 spiro atoms. The minimum atomic E-state index is -1.01. The second-order valence-corrected chi connectivity index (χ2v) is 13.7. The van der Waals surface area contributed by atoms with Crippen molar-refractivity contribution >= 4 is 27.3 Å². The van der Waals surface area contributed by atoms with E-state index in [-0.39, 0.29) is 11.9 Å². The van der Waals surface area contributed by atoms with Crippen LogP contribution in [0.15, 0.2) is 36.7 Å². The summed E-state index contributed by atoms with van der Waals surface area (Å²) in [6.45, 7) is 1.44. The van der Waals surface area contributed by atoms with Crippen LogP contribution in [0.3, 0.4) is 0 Å². The Morgan fingerprint density at radius 3 is 2.59 bits per heavy atom. The summed E-state index contributed by atoms with van der Waals surface area (Å²) in [7, 11) is -1.01. The molecule has 0 atom stereocenters. The number of hydrogen-bond acceptors (Lipinski definition) is 5. The summed E-state index contributed by atoms with van der Waals surface area (Å²) in [6, 6.07) is 10.4. The van der Waals surface area contributed by atoms with Gasteiger partial charge >= 0.3 is 0 Å². The molecule has 3 aromatic rings. The van der Waals surface area contributed by atoms with Crippen LogP contribution in [0.5, 0.6) is 0 Å². The van der Waals surface area contributed by atoms with E-state index in [1.807, 2.05) is 30.3 Å². The lowest BCUT2D eigenvalue weighted by atomic mass is 10.0. The maximum absolute atomic E-state index is 13.7. The molecule has 2 fully saturated rings. The average Bonchev–Trinajstić information content (AvgIpc) is 3.58. The molecule has 1 aromatic carbocycles. The number of hydrogen-bond donors (Lipinski definition) is 1. The van der Waals surface area contributed by atoms with Crippen LogP contribution >= 0.6 is 10.0 Å². The molecule has 1 aliphatic heterocycles. The Morgan fingerprint density at radius 2 is 1.88 bits per heavy atom. The highest BCUT2D eigenvalue weighted by Crippen LogP contribution is 2.35. The predicted molar refractivity (Wildman–Crippen MR) is 138 cm³/mol. The topological polar surface area (TPSA) is 85.8 Å². The van der Waals surface area contributed by atoms with Gasteiger partial charge in [0.2, 0.25) is 0 Å². The van der Waals surface area contributed by atoms with Gasteiger partial charge in [-0.2, -0.15) is 15.1 Å². The Hall–Kier alpha value is -3.02. The molecular formula is C26H31N5O2S. The zero-order chi connectivity index (χ0) is 23.9. The van der Waals surface area contributed by atoms with Gasteiger partial charge in [0.25, 0.3) is 5.91 Å². The zero-order valence-electron chi connectivity index (χ0n) is 20.0. The quantitative estimate of drug-likeness (QED) is 0.578. The molecule has 8 heteroatoms. The SMILES string of the molecule is CS(C)(C)C#Cc1cc(-c2cccc(C(=O)N(C3CCOCC3)C3CC3)c2)n2ncnc(N)c12. The van der Waals surface area contributed by atoms with Crippen LogP contribution in [0.25, 0.3) is 16.8 Å². The number of rotatable bonds is 4. The summed E-state index contributed by atoms with van der Waals surface area (Å²) in [4.78, 5) is 20.0. The molecule has 1 saturated heterocycles. The van der Waals surface area contributed by atoms with Crippen molar-refractivity contribution in [3.63, 3.8) is 0 Å². The van der Waals surface area contributed by atoms with E-state index >= 15 is 0 Å². The lowest BCUT2D eigenvalue weighted by Crippen LogP contribution is -2.44. The van der Waals surface area contributed by atoms with Gasteiger partial charge < -0.3 is 15.4 Å². The molecule has 2 aromatic heterocycles. The van der Waals surface area contributed by atoms with E-state index < -0.39 is 10.0 Å². The number of amides is 1. The highest BCUT2D eigenvalue weighted by molar-refractivity contribution is 8.35. The zero-order valence-corrected chi connectivity index (χ0v) is 20.8. The fourth-order valence-electron chi connectivity index (χ4n) is 4.48. The summed E-state index contributed by atoms with van der Waals surface area (Å²) in [5, 5.41) is 7.82. The molecule has 34 heavy (non-hydrogen) atoms. The van der Waals surface area contributed by atoms with Crippen molar-refractivity contribution in [1.82, 2.24) is 19.5 Å². The fraction of sp³-hybridized carbons (Fsp3) is 0.423. The molecule has 2 N–H and O–H groups in total. The lowest BCUT2D eigenvalue weighted by molar-refractivity contribution is 0.0267. The normalized spacial score (nSPS) is 17.3. The Labute approximate surface area is 202 Å². The number of nitrogens with two attached hydrogens (primary N) is 1. The number of carbonyl (C=O) groups excluding carboxylic acids is 1. The largest absolute Gasteiger partial charge is 0.382 e. The Balaban J connectivity index is 1.54. The van der Waals surface area contributed by atoms with Gasteiger partial charge in [-0.1, -0.05) is 18.1 Å². The minimum absolute atomic E-state index is 0.0996. The third-order valence-corrected chi connectivity index (χ3v) is 6.95. The van der Waals surface area contributed by atoms with E-state index in [1.165, 1.54) is 6.33 Å². The Bertz CT molecular complexity index is 1290. The van der Waals surface area contributed by atoms with Crippen LogP contribution in [-0.2, 0) is 4.74 Å². The summed E-state index contributed by atoms with van der Waals surface area (Å²) in [6.07, 6.45) is 11.9. The predicted octanol–water partition coefficient (Wildman–Crippen LogP) is 3.77. The van der Waals surface area contributed by atoms with E-state index in [2.05, 4.69) is 44.9 Å². The van der Waals surface area contributed by atoms with Crippen molar-refractivity contribution in [2.24, 2.45) is 0 Å². The first-order valence-corrected chi connectivity index (χ1v) is 14.5. The van der Waals surface area contributed by atoms with Crippen molar-refractivity contribution < 1.29 is 9.53 Å². The summed E-state index contributed by atoms with van der Waals surface area (Å²) in [5.74, 6) is 3.79. The van der Waals surface area contributed by atoms with Gasteiger partial charge in [0.15, 0.2) is 5.82 Å². The van der Waals surface area contributed by atoms with Crippen molar-refractivity contribution in [3.05, 3.63) is 47.8 Å². The van der Waals surface area contributed by atoms with E-state index in [0.717, 1.165) is 55.7 Å². The molecule has 1 saturated carbocycles. The number of fused-ring (bicyclic) bond motifs is 1. The Morgan fingerprint density at radius 1 is 1.15 bits per heavy atom. The van der Waals surface area contributed by atoms with Crippen molar-refractivity contribution in [2.45, 2.75) is 37.8 Å². The highest BCUT2D eigenvalue weighted by atomic mass is 32.3. The van der Waals surface area contributed by atoms with Gasteiger partial charge in [0.1, 0.15) is 11.8 Å². The third-order valence-electron chi connectivity index (χ3n) is 6.24. The number of benzene rings is 1.